The van der Waals surface area contributed by atoms with E-state index in [1.165, 1.54) is 18.4 Å². The molecular formula is C28H25F3N6O3. The Morgan fingerprint density at radius 3 is 2.25 bits per heavy atom. The van der Waals surface area contributed by atoms with Gasteiger partial charge in [0.2, 0.25) is 5.95 Å². The van der Waals surface area contributed by atoms with Crippen LogP contribution in [0.2, 0.25) is 0 Å². The maximum absolute atomic E-state index is 13.7. The van der Waals surface area contributed by atoms with Crippen LogP contribution in [0.4, 0.5) is 13.2 Å². The molecule has 0 bridgehead atoms. The number of alkyl halides is 3. The number of carbonyl (C=O) groups is 2. The number of carbonyl (C=O) groups excluding carboxylic acids is 1. The number of rotatable bonds is 6. The summed E-state index contributed by atoms with van der Waals surface area (Å²) in [4.78, 5) is 37.7. The summed E-state index contributed by atoms with van der Waals surface area (Å²) < 4.78 is 36.0. The van der Waals surface area contributed by atoms with Gasteiger partial charge in [-0.2, -0.15) is 13.2 Å². The van der Waals surface area contributed by atoms with Crippen molar-refractivity contribution in [1.29, 1.82) is 0 Å². The molecule has 1 fully saturated rings. The van der Waals surface area contributed by atoms with Crippen molar-refractivity contribution in [2.75, 3.05) is 7.05 Å². The normalized spacial score (nSPS) is 13.2. The number of halogens is 3. The van der Waals surface area contributed by atoms with E-state index in [4.69, 9.17) is 9.90 Å². The van der Waals surface area contributed by atoms with Crippen molar-refractivity contribution >= 4 is 33.8 Å². The maximum atomic E-state index is 13.7. The molecule has 1 amide bonds. The molecule has 6 rings (SSSR count). The van der Waals surface area contributed by atoms with E-state index < -0.39 is 12.1 Å². The second kappa shape index (κ2) is 10.8. The van der Waals surface area contributed by atoms with E-state index in [1.807, 2.05) is 34.9 Å². The van der Waals surface area contributed by atoms with Crippen molar-refractivity contribution in [2.45, 2.75) is 32.1 Å². The number of amides is 1. The van der Waals surface area contributed by atoms with Crippen LogP contribution in [0, 0.1) is 5.92 Å². The van der Waals surface area contributed by atoms with E-state index in [0.717, 1.165) is 28.7 Å². The van der Waals surface area contributed by atoms with Crippen LogP contribution in [0.3, 0.4) is 0 Å². The predicted molar refractivity (Wildman–Crippen MR) is 141 cm³/mol. The summed E-state index contributed by atoms with van der Waals surface area (Å²) in [6.07, 6.45) is 2.60. The Kier molecular flexibility index (Phi) is 7.24. The molecule has 1 aliphatic rings. The van der Waals surface area contributed by atoms with Crippen LogP contribution in [0.25, 0.3) is 27.9 Å². The lowest BCUT2D eigenvalue weighted by atomic mass is 10.2. The second-order valence-electron chi connectivity index (χ2n) is 9.50. The molecule has 0 spiro atoms. The molecule has 1 N–H and O–H groups in total. The third-order valence-electron chi connectivity index (χ3n) is 6.54. The summed E-state index contributed by atoms with van der Waals surface area (Å²) in [7, 11) is 1.81. The van der Waals surface area contributed by atoms with Crippen LogP contribution in [0.15, 0.2) is 73.2 Å². The molecule has 0 aliphatic heterocycles. The highest BCUT2D eigenvalue weighted by atomic mass is 19.4. The summed E-state index contributed by atoms with van der Waals surface area (Å²) in [5.41, 5.74) is 4.60. The topological polar surface area (TPSA) is 106 Å². The van der Waals surface area contributed by atoms with E-state index in [2.05, 4.69) is 37.7 Å². The van der Waals surface area contributed by atoms with Crippen molar-refractivity contribution in [3.63, 3.8) is 0 Å². The fourth-order valence-corrected chi connectivity index (χ4v) is 4.53. The van der Waals surface area contributed by atoms with Gasteiger partial charge in [-0.25, -0.2) is 14.8 Å². The number of benzene rings is 1. The fraction of sp³-hybridized carbons (Fsp3) is 0.250. The minimum Gasteiger partial charge on any atom is -0.475 e. The molecule has 1 aromatic carbocycles. The standard InChI is InChI=1S/C26H24N6O.C2HF3O2/c1-30(17-19-7-4-5-12-27-19)25(33)23-15-22-24(32(23)26-28-13-6-14-29-26)20-8-2-3-9-21(20)31(22)16-18-10-11-18;3-2(4,5)1(6)7/h2-9,12-15,18H,10-11,16-17H2,1H3;(H,6,7). The zero-order chi connectivity index (χ0) is 28.4. The molecular weight excluding hydrogens is 525 g/mol. The molecule has 5 aromatic rings. The van der Waals surface area contributed by atoms with E-state index in [-0.39, 0.29) is 5.91 Å². The first-order chi connectivity index (χ1) is 19.1. The number of hydrogen-bond donors (Lipinski definition) is 1. The maximum Gasteiger partial charge on any atom is 0.490 e. The summed E-state index contributed by atoms with van der Waals surface area (Å²) in [5, 5.41) is 8.23. The van der Waals surface area contributed by atoms with Crippen LogP contribution in [0.5, 0.6) is 0 Å². The van der Waals surface area contributed by atoms with Crippen LogP contribution in [0.1, 0.15) is 29.0 Å². The summed E-state index contributed by atoms with van der Waals surface area (Å²) in [6, 6.07) is 17.9. The lowest BCUT2D eigenvalue weighted by Crippen LogP contribution is -2.28. The minimum atomic E-state index is -5.08. The zero-order valence-corrected chi connectivity index (χ0v) is 21.4. The van der Waals surface area contributed by atoms with E-state index in [0.29, 0.717) is 24.1 Å². The van der Waals surface area contributed by atoms with Crippen molar-refractivity contribution in [3.05, 3.63) is 84.6 Å². The molecule has 1 aliphatic carbocycles. The summed E-state index contributed by atoms with van der Waals surface area (Å²) >= 11 is 0. The van der Waals surface area contributed by atoms with Gasteiger partial charge in [-0.05, 0) is 49.1 Å². The van der Waals surface area contributed by atoms with Gasteiger partial charge in [-0.15, -0.1) is 0 Å². The summed E-state index contributed by atoms with van der Waals surface area (Å²) in [6.45, 7) is 1.38. The van der Waals surface area contributed by atoms with Crippen molar-refractivity contribution in [2.24, 2.45) is 5.92 Å². The number of hydrogen-bond acceptors (Lipinski definition) is 5. The molecule has 40 heavy (non-hydrogen) atoms. The number of para-hydroxylation sites is 1. The first-order valence-electron chi connectivity index (χ1n) is 12.5. The molecule has 12 heteroatoms. The monoisotopic (exact) mass is 550 g/mol. The second-order valence-corrected chi connectivity index (χ2v) is 9.50. The lowest BCUT2D eigenvalue weighted by Gasteiger charge is -2.18. The SMILES string of the molecule is CN(Cc1ccccn1)C(=O)c1cc2c(c3ccccc3n2CC2CC2)n1-c1ncccn1.O=C(O)C(F)(F)F. The van der Waals surface area contributed by atoms with E-state index in [1.54, 1.807) is 36.6 Å². The number of pyridine rings is 1. The Hall–Kier alpha value is -4.74. The third kappa shape index (κ3) is 5.51. The first kappa shape index (κ1) is 26.9. The van der Waals surface area contributed by atoms with Gasteiger partial charge in [0.1, 0.15) is 5.69 Å². The number of fused-ring (bicyclic) bond motifs is 3. The fourth-order valence-electron chi connectivity index (χ4n) is 4.53. The molecule has 0 saturated heterocycles. The average Bonchev–Trinajstić information content (AvgIpc) is 3.61. The Balaban J connectivity index is 0.000000411. The largest absolute Gasteiger partial charge is 0.490 e. The quantitative estimate of drug-likeness (QED) is 0.316. The van der Waals surface area contributed by atoms with Gasteiger partial charge in [0.05, 0.1) is 28.8 Å². The highest BCUT2D eigenvalue weighted by molar-refractivity contribution is 6.10. The van der Waals surface area contributed by atoms with Gasteiger partial charge in [0.25, 0.3) is 5.91 Å². The van der Waals surface area contributed by atoms with Crippen LogP contribution < -0.4 is 0 Å². The van der Waals surface area contributed by atoms with E-state index >= 15 is 0 Å². The first-order valence-corrected chi connectivity index (χ1v) is 12.5. The number of nitrogens with zero attached hydrogens (tertiary/aromatic N) is 6. The zero-order valence-electron chi connectivity index (χ0n) is 21.4. The Morgan fingerprint density at radius 2 is 1.62 bits per heavy atom. The predicted octanol–water partition coefficient (Wildman–Crippen LogP) is 5.09. The Bertz CT molecular complexity index is 1660. The third-order valence-corrected chi connectivity index (χ3v) is 6.54. The number of aromatic nitrogens is 5. The van der Waals surface area contributed by atoms with Gasteiger partial charge in [0, 0.05) is 37.6 Å². The molecule has 0 atom stereocenters. The van der Waals surface area contributed by atoms with E-state index in [9.17, 15) is 18.0 Å². The lowest BCUT2D eigenvalue weighted by molar-refractivity contribution is -0.192. The van der Waals surface area contributed by atoms with Crippen LogP contribution in [-0.4, -0.2) is 59.2 Å². The van der Waals surface area contributed by atoms with Gasteiger partial charge < -0.3 is 14.6 Å². The van der Waals surface area contributed by atoms with Gasteiger partial charge in [-0.3, -0.25) is 14.3 Å². The Labute approximate surface area is 226 Å². The average molecular weight is 551 g/mol. The molecule has 0 unspecified atom stereocenters. The molecule has 0 radical (unpaired) electrons. The van der Waals surface area contributed by atoms with Crippen molar-refractivity contribution in [3.8, 4) is 5.95 Å². The smallest absolute Gasteiger partial charge is 0.475 e. The Morgan fingerprint density at radius 1 is 0.975 bits per heavy atom. The molecule has 4 heterocycles. The van der Waals surface area contributed by atoms with Gasteiger partial charge >= 0.3 is 12.1 Å². The van der Waals surface area contributed by atoms with Gasteiger partial charge in [-0.1, -0.05) is 24.3 Å². The molecule has 4 aromatic heterocycles. The van der Waals surface area contributed by atoms with Crippen molar-refractivity contribution < 1.29 is 27.9 Å². The highest BCUT2D eigenvalue weighted by Gasteiger charge is 2.38. The van der Waals surface area contributed by atoms with Gasteiger partial charge in [0.15, 0.2) is 0 Å². The molecule has 9 nitrogen and oxygen atoms in total. The van der Waals surface area contributed by atoms with Crippen LogP contribution >= 0.6 is 0 Å². The molecule has 206 valence electrons. The number of aliphatic carboxylic acids is 1. The summed E-state index contributed by atoms with van der Waals surface area (Å²) in [5.74, 6) is -1.65. The number of carboxylic acid groups (broad SMARTS) is 1. The number of carboxylic acids is 1. The minimum absolute atomic E-state index is 0.0913. The van der Waals surface area contributed by atoms with Crippen molar-refractivity contribution in [1.82, 2.24) is 29.0 Å². The van der Waals surface area contributed by atoms with Crippen LogP contribution in [-0.2, 0) is 17.9 Å². The highest BCUT2D eigenvalue weighted by Crippen LogP contribution is 2.38. The molecule has 1 saturated carbocycles.